The Morgan fingerprint density at radius 3 is 2.74 bits per heavy atom. The van der Waals surface area contributed by atoms with Crippen LogP contribution in [0.15, 0.2) is 4.52 Å². The number of hydrogen-bond donors (Lipinski definition) is 1. The van der Waals surface area contributed by atoms with Crippen LogP contribution in [0.1, 0.15) is 37.1 Å². The predicted octanol–water partition coefficient (Wildman–Crippen LogP) is 1.42. The van der Waals surface area contributed by atoms with E-state index < -0.39 is 28.0 Å². The van der Waals surface area contributed by atoms with Crippen molar-refractivity contribution >= 4 is 10.0 Å². The highest BCUT2D eigenvalue weighted by Gasteiger charge is 2.46. The zero-order chi connectivity index (χ0) is 16.7. The van der Waals surface area contributed by atoms with Crippen molar-refractivity contribution in [3.63, 3.8) is 0 Å². The Kier molecular flexibility index (Phi) is 4.41. The summed E-state index contributed by atoms with van der Waals surface area (Å²) in [5.74, 6) is -2.74. The molecule has 0 amide bonds. The lowest BCUT2D eigenvalue weighted by Crippen LogP contribution is -2.42. The van der Waals surface area contributed by atoms with Crippen LogP contribution in [0, 0.1) is 18.8 Å². The summed E-state index contributed by atoms with van der Waals surface area (Å²) in [6.07, 6.45) is -0.489. The van der Waals surface area contributed by atoms with Crippen LogP contribution in [-0.4, -0.2) is 43.4 Å². The molecule has 1 aromatic heterocycles. The number of rotatable bonds is 6. The second-order valence-corrected chi connectivity index (χ2v) is 8.13. The first-order valence-electron chi connectivity index (χ1n) is 7.51. The van der Waals surface area contributed by atoms with E-state index in [-0.39, 0.29) is 31.1 Å². The van der Waals surface area contributed by atoms with Crippen molar-refractivity contribution in [1.29, 1.82) is 0 Å². The number of aromatic nitrogens is 2. The van der Waals surface area contributed by atoms with E-state index in [9.17, 15) is 17.2 Å². The van der Waals surface area contributed by atoms with E-state index in [1.54, 1.807) is 6.92 Å². The molecular weight excluding hydrogens is 332 g/mol. The Hall–Kier alpha value is -1.13. The van der Waals surface area contributed by atoms with Gasteiger partial charge < -0.3 is 9.26 Å². The van der Waals surface area contributed by atoms with Gasteiger partial charge in [-0.05, 0) is 19.3 Å². The lowest BCUT2D eigenvalue weighted by Gasteiger charge is -2.34. The lowest BCUT2D eigenvalue weighted by molar-refractivity contribution is -0.103. The summed E-state index contributed by atoms with van der Waals surface area (Å²) < 4.78 is 62.7. The van der Waals surface area contributed by atoms with Gasteiger partial charge in [0.05, 0.1) is 5.75 Å². The summed E-state index contributed by atoms with van der Waals surface area (Å²) >= 11 is 0. The molecule has 2 atom stereocenters. The van der Waals surface area contributed by atoms with Gasteiger partial charge in [-0.15, -0.1) is 0 Å². The van der Waals surface area contributed by atoms with Crippen molar-refractivity contribution in [2.75, 3.05) is 18.9 Å². The highest BCUT2D eigenvalue weighted by molar-refractivity contribution is 7.89. The van der Waals surface area contributed by atoms with Crippen LogP contribution in [0.4, 0.5) is 8.78 Å². The van der Waals surface area contributed by atoms with Gasteiger partial charge in [0.2, 0.25) is 15.9 Å². The van der Waals surface area contributed by atoms with Gasteiger partial charge >= 0.3 is 0 Å². The van der Waals surface area contributed by atoms with Crippen LogP contribution >= 0.6 is 0 Å². The molecule has 1 saturated carbocycles. The number of nitrogens with one attached hydrogen (secondary N) is 1. The topological polar surface area (TPSA) is 94.3 Å². The molecule has 1 aromatic rings. The second kappa shape index (κ2) is 6.06. The summed E-state index contributed by atoms with van der Waals surface area (Å²) in [5, 5.41) is 3.70. The standard InChI is InChI=1S/C13H19F2N3O4S/c1-8-17-12(22-18-8)11-10(2-3-21-11)6-16-23(19,20)7-9-4-13(14,15)5-9/h9-11,16H,2-7H2,1H3/t10-,11-/m0/s1. The number of nitrogens with zero attached hydrogens (tertiary/aromatic N) is 2. The average molecular weight is 351 g/mol. The monoisotopic (exact) mass is 351 g/mol. The first-order chi connectivity index (χ1) is 10.7. The van der Waals surface area contributed by atoms with Crippen LogP contribution in [0.25, 0.3) is 0 Å². The van der Waals surface area contributed by atoms with Gasteiger partial charge in [0.25, 0.3) is 5.89 Å². The van der Waals surface area contributed by atoms with Crippen molar-refractivity contribution in [3.05, 3.63) is 11.7 Å². The number of hydrogen-bond acceptors (Lipinski definition) is 6. The smallest absolute Gasteiger partial charge is 0.256 e. The molecule has 2 heterocycles. The van der Waals surface area contributed by atoms with Crippen molar-refractivity contribution in [1.82, 2.24) is 14.9 Å². The fourth-order valence-corrected chi connectivity index (χ4v) is 4.49. The minimum Gasteiger partial charge on any atom is -0.368 e. The van der Waals surface area contributed by atoms with Crippen LogP contribution in [0.2, 0.25) is 0 Å². The first kappa shape index (κ1) is 16.7. The Morgan fingerprint density at radius 1 is 1.39 bits per heavy atom. The second-order valence-electron chi connectivity index (χ2n) is 6.28. The van der Waals surface area contributed by atoms with Gasteiger partial charge in [0.15, 0.2) is 5.82 Å². The van der Waals surface area contributed by atoms with E-state index in [4.69, 9.17) is 9.26 Å². The molecule has 1 aliphatic carbocycles. The zero-order valence-electron chi connectivity index (χ0n) is 12.7. The normalized spacial score (nSPS) is 28.0. The Bertz CT molecular complexity index is 656. The van der Waals surface area contributed by atoms with Crippen molar-refractivity contribution in [2.24, 2.45) is 11.8 Å². The summed E-state index contributed by atoms with van der Waals surface area (Å²) in [6, 6.07) is 0. The van der Waals surface area contributed by atoms with Gasteiger partial charge in [0, 0.05) is 31.9 Å². The van der Waals surface area contributed by atoms with Crippen LogP contribution in [0.3, 0.4) is 0 Å². The van der Waals surface area contributed by atoms with Crippen molar-refractivity contribution < 1.29 is 26.5 Å². The molecule has 23 heavy (non-hydrogen) atoms. The van der Waals surface area contributed by atoms with Gasteiger partial charge in [0.1, 0.15) is 6.10 Å². The molecule has 3 rings (SSSR count). The molecule has 2 aliphatic rings. The number of aryl methyl sites for hydroxylation is 1. The summed E-state index contributed by atoms with van der Waals surface area (Å²) in [6.45, 7) is 2.33. The van der Waals surface area contributed by atoms with E-state index in [1.807, 2.05) is 0 Å². The molecule has 2 fully saturated rings. The molecule has 1 N–H and O–H groups in total. The number of alkyl halides is 2. The van der Waals surface area contributed by atoms with Gasteiger partial charge in [-0.25, -0.2) is 21.9 Å². The molecule has 0 spiro atoms. The van der Waals surface area contributed by atoms with Crippen LogP contribution < -0.4 is 4.72 Å². The maximum atomic E-state index is 12.8. The van der Waals surface area contributed by atoms with Gasteiger partial charge in [-0.3, -0.25) is 0 Å². The third-order valence-corrected chi connectivity index (χ3v) is 5.71. The molecule has 0 radical (unpaired) electrons. The minimum atomic E-state index is -3.59. The molecular formula is C13H19F2N3O4S. The number of halogens is 2. The van der Waals surface area contributed by atoms with E-state index >= 15 is 0 Å². The SMILES string of the molecule is Cc1noc([C@H]2OCC[C@H]2CNS(=O)(=O)CC2CC(F)(F)C2)n1. The Morgan fingerprint density at radius 2 is 2.13 bits per heavy atom. The molecule has 7 nitrogen and oxygen atoms in total. The molecule has 130 valence electrons. The quantitative estimate of drug-likeness (QED) is 0.833. The number of ether oxygens (including phenoxy) is 1. The molecule has 0 aromatic carbocycles. The molecule has 10 heteroatoms. The van der Waals surface area contributed by atoms with Crippen LogP contribution in [0.5, 0.6) is 0 Å². The minimum absolute atomic E-state index is 0.118. The highest BCUT2D eigenvalue weighted by Crippen LogP contribution is 2.42. The van der Waals surface area contributed by atoms with Crippen molar-refractivity contribution in [2.45, 2.75) is 38.2 Å². The van der Waals surface area contributed by atoms with Crippen LogP contribution in [-0.2, 0) is 14.8 Å². The van der Waals surface area contributed by atoms with Gasteiger partial charge in [-0.1, -0.05) is 5.16 Å². The summed E-state index contributed by atoms with van der Waals surface area (Å²) in [4.78, 5) is 4.11. The average Bonchev–Trinajstić information content (AvgIpc) is 3.02. The van der Waals surface area contributed by atoms with Crippen molar-refractivity contribution in [3.8, 4) is 0 Å². The third kappa shape index (κ3) is 4.04. The third-order valence-electron chi connectivity index (χ3n) is 4.20. The molecule has 0 bridgehead atoms. The van der Waals surface area contributed by atoms with E-state index in [2.05, 4.69) is 14.9 Å². The van der Waals surface area contributed by atoms with Gasteiger partial charge in [-0.2, -0.15) is 4.98 Å². The summed E-state index contributed by atoms with van der Waals surface area (Å²) in [5.41, 5.74) is 0. The van der Waals surface area contributed by atoms with E-state index in [1.165, 1.54) is 0 Å². The fourth-order valence-electron chi connectivity index (χ4n) is 3.05. The Labute approximate surface area is 132 Å². The Balaban J connectivity index is 1.52. The molecule has 0 unspecified atom stereocenters. The molecule has 1 saturated heterocycles. The predicted molar refractivity (Wildman–Crippen MR) is 75.3 cm³/mol. The summed E-state index contributed by atoms with van der Waals surface area (Å²) in [7, 11) is -3.59. The van der Waals surface area contributed by atoms with E-state index in [0.29, 0.717) is 24.7 Å². The zero-order valence-corrected chi connectivity index (χ0v) is 13.5. The molecule has 1 aliphatic heterocycles. The first-order valence-corrected chi connectivity index (χ1v) is 9.16. The van der Waals surface area contributed by atoms with E-state index in [0.717, 1.165) is 0 Å². The maximum Gasteiger partial charge on any atom is 0.256 e. The lowest BCUT2D eigenvalue weighted by atomic mass is 9.83. The number of sulfonamides is 1. The largest absolute Gasteiger partial charge is 0.368 e. The maximum absolute atomic E-state index is 12.8. The highest BCUT2D eigenvalue weighted by atomic mass is 32.2. The fraction of sp³-hybridized carbons (Fsp3) is 0.846.